The topological polar surface area (TPSA) is 201 Å². The molecule has 6 heterocycles. The predicted octanol–water partition coefficient (Wildman–Crippen LogP) is 9.07. The van der Waals surface area contributed by atoms with Gasteiger partial charge in [0, 0.05) is 268 Å². The van der Waals surface area contributed by atoms with E-state index in [1.807, 2.05) is 73.7 Å². The number of thiazole rings is 2. The van der Waals surface area contributed by atoms with Crippen molar-refractivity contribution in [2.75, 3.05) is 88.6 Å². The van der Waals surface area contributed by atoms with Gasteiger partial charge in [0.2, 0.25) is 0 Å². The first-order valence-corrected chi connectivity index (χ1v) is 49.6. The molecule has 0 bridgehead atoms. The van der Waals surface area contributed by atoms with Crippen molar-refractivity contribution in [3.05, 3.63) is 148 Å². The summed E-state index contributed by atoms with van der Waals surface area (Å²) in [5, 5.41) is 14.7. The lowest BCUT2D eigenvalue weighted by atomic mass is 10.00. The van der Waals surface area contributed by atoms with E-state index in [1.54, 1.807) is 176 Å². The number of primary amides is 1. The number of rotatable bonds is 12. The number of piperazine rings is 2. The molecule has 4 aromatic heterocycles. The van der Waals surface area contributed by atoms with Crippen molar-refractivity contribution < 1.29 is 28.7 Å². The maximum absolute atomic E-state index is 12.8. The lowest BCUT2D eigenvalue weighted by Gasteiger charge is -2.32. The Balaban J connectivity index is 0.000000183. The Kier molecular flexibility index (Phi) is 33.1. The summed E-state index contributed by atoms with van der Waals surface area (Å²) in [5.74, 6) is 2.05. The summed E-state index contributed by atoms with van der Waals surface area (Å²) in [6.45, 7) is 9.60. The number of nitrogens with one attached hydrogen (secondary N) is 2. The fourth-order valence-corrected chi connectivity index (χ4v) is 45.6. The SMILES string of the molecule is CCC(=O)c1cccc2cc(Oc3ccnc(Cl)c3)ccc12.CN1CCN(c2nc(C(N)=O)cs2)CC1.CNC(=O)c1cccc2cc(Oc3ccnc(NC(=O)c4csc(N5CCN(C)CC5)n4)c3)ccc12.S=S=S=S=S=S=S=S=S=S=S=S=S=S=S=S=S. The van der Waals surface area contributed by atoms with Crippen molar-refractivity contribution in [2.24, 2.45) is 5.73 Å². The van der Waals surface area contributed by atoms with Crippen molar-refractivity contribution in [2.45, 2.75) is 13.3 Å². The standard InChI is InChI=1S/C26H26N6O3S.C18H14ClNO2.C9H14N4OS.S17/c1-27-24(33)21-5-3-4-17-14-18(6-7-20(17)21)35-19-8-9-28-23(15-19)30-25(34)22-16-36-26(29-22)32-12-10-31(2)11-13-32;1-2-17(21)16-5-3-4-12-10-13(6-7-15(12)16)22-14-8-9-20-18(19)11-14;1-12-2-4-13(5-3-12)9-11-7(6-15-9)8(10)14;1-3-5-7-9-11-13-15-17-16-14-12-10-8-6-4-2/h3-9,14-16H,10-13H2,1-2H3,(H,27,33)(H,28,30,34);3-11H,2H2,1H3;6H,2-5H2,1H3,(H2,10,14);. The van der Waals surface area contributed by atoms with Gasteiger partial charge in [-0.2, -0.15) is 0 Å². The van der Waals surface area contributed by atoms with Gasteiger partial charge in [-0.1, -0.05) is 48.9 Å². The Morgan fingerprint density at radius 2 is 1.01 bits per heavy atom. The van der Waals surface area contributed by atoms with E-state index in [-0.39, 0.29) is 17.6 Å². The van der Waals surface area contributed by atoms with Crippen LogP contribution in [0.15, 0.2) is 120 Å². The highest BCUT2D eigenvalue weighted by Crippen LogP contribution is 2.31. The Bertz CT molecular complexity index is 4540. The van der Waals surface area contributed by atoms with Gasteiger partial charge in [-0.25, -0.2) is 19.9 Å². The van der Waals surface area contributed by atoms with Crippen LogP contribution >= 0.6 is 34.3 Å². The molecule has 17 nitrogen and oxygen atoms in total. The van der Waals surface area contributed by atoms with Crippen LogP contribution in [-0.4, -0.2) is 127 Å². The minimum atomic E-state index is -0.452. The quantitative estimate of drug-likeness (QED) is 0.0772. The van der Waals surface area contributed by atoms with Crippen molar-refractivity contribution >= 4 is 251 Å². The third-order valence-electron chi connectivity index (χ3n) is 12.3. The molecule has 0 aliphatic carbocycles. The molecule has 2 saturated heterocycles. The largest absolute Gasteiger partial charge is 0.457 e. The molecule has 4 aromatic carbocycles. The number of hydrogen-bond acceptors (Lipinski definition) is 18. The highest BCUT2D eigenvalue weighted by molar-refractivity contribution is 8.77. The fourth-order valence-electron chi connectivity index (χ4n) is 8.04. The highest BCUT2D eigenvalue weighted by atomic mass is 35.5. The first kappa shape index (κ1) is 73.6. The van der Waals surface area contributed by atoms with Crippen molar-refractivity contribution in [1.29, 1.82) is 0 Å². The minimum Gasteiger partial charge on any atom is -0.457 e. The van der Waals surface area contributed by atoms with E-state index in [9.17, 15) is 19.2 Å². The summed E-state index contributed by atoms with van der Waals surface area (Å²) < 4.78 is 11.8. The number of carbonyl (C=O) groups is 4. The molecule has 2 aliphatic heterocycles. The number of ketones is 1. The van der Waals surface area contributed by atoms with E-state index in [4.69, 9.17) is 49.2 Å². The molecular formula is C53H54ClN11O6S19. The number of hydrogen-bond donors (Lipinski definition) is 3. The van der Waals surface area contributed by atoms with Crippen LogP contribution in [0.1, 0.15) is 55.0 Å². The smallest absolute Gasteiger partial charge is 0.276 e. The maximum atomic E-state index is 12.8. The molecule has 0 saturated carbocycles. The van der Waals surface area contributed by atoms with Crippen LogP contribution in [0.4, 0.5) is 16.1 Å². The summed E-state index contributed by atoms with van der Waals surface area (Å²) in [6.07, 6.45) is 3.66. The van der Waals surface area contributed by atoms with Crippen LogP contribution in [0.5, 0.6) is 23.0 Å². The van der Waals surface area contributed by atoms with Gasteiger partial charge >= 0.3 is 0 Å². The second-order valence-corrected chi connectivity index (χ2v) is 46.7. The number of amides is 3. The van der Waals surface area contributed by atoms with E-state index in [0.29, 0.717) is 57.3 Å². The Morgan fingerprint density at radius 1 is 0.567 bits per heavy atom. The molecule has 0 unspecified atom stereocenters. The second-order valence-electron chi connectivity index (χ2n) is 18.1. The number of nitrogens with zero attached hydrogens (tertiary/aromatic N) is 8. The summed E-state index contributed by atoms with van der Waals surface area (Å²) in [6, 6.07) is 29.3. The van der Waals surface area contributed by atoms with Crippen LogP contribution in [0, 0.1) is 0 Å². The summed E-state index contributed by atoms with van der Waals surface area (Å²) in [5.41, 5.74) is 7.24. The van der Waals surface area contributed by atoms with Gasteiger partial charge in [0.05, 0.1) is 0 Å². The number of aromatic nitrogens is 4. The van der Waals surface area contributed by atoms with Crippen molar-refractivity contribution in [3.8, 4) is 23.0 Å². The number of anilines is 3. The van der Waals surface area contributed by atoms with Crippen LogP contribution in [-0.2, 0) is 156 Å². The number of pyridine rings is 2. The van der Waals surface area contributed by atoms with E-state index < -0.39 is 5.91 Å². The zero-order valence-corrected chi connectivity index (χ0v) is 63.9. The molecule has 4 N–H and O–H groups in total. The molecular weight excluding hydrogens is 1530 g/mol. The average Bonchev–Trinajstić information content (AvgIpc) is 2.24. The zero-order chi connectivity index (χ0) is 64.0. The molecule has 0 atom stereocenters. The van der Waals surface area contributed by atoms with Gasteiger partial charge < -0.3 is 45.4 Å². The van der Waals surface area contributed by atoms with Crippen LogP contribution in [0.3, 0.4) is 0 Å². The normalized spacial score (nSPS) is 12.6. The van der Waals surface area contributed by atoms with Gasteiger partial charge in [0.25, 0.3) is 17.7 Å². The van der Waals surface area contributed by atoms with E-state index in [1.165, 1.54) is 40.4 Å². The number of nitrogens with two attached hydrogens (primary N) is 1. The number of benzene rings is 4. The first-order chi connectivity index (χ1) is 43.7. The molecule has 8 aromatic rings. The fraction of sp³-hybridized carbons (Fsp3) is 0.245. The van der Waals surface area contributed by atoms with Crippen LogP contribution in [0.25, 0.3) is 21.5 Å². The maximum Gasteiger partial charge on any atom is 0.276 e. The second kappa shape index (κ2) is 40.4. The monoisotopic (exact) mass is 1580 g/mol. The number of halogens is 1. The highest BCUT2D eigenvalue weighted by Gasteiger charge is 2.21. The lowest BCUT2D eigenvalue weighted by Crippen LogP contribution is -2.44. The lowest BCUT2D eigenvalue weighted by molar-refractivity contribution is 0.0961. The predicted molar refractivity (Wildman–Crippen MR) is 415 cm³/mol. The molecule has 37 heteroatoms. The Labute approximate surface area is 586 Å². The van der Waals surface area contributed by atoms with Gasteiger partial charge in [0.15, 0.2) is 16.0 Å². The Morgan fingerprint density at radius 3 is 1.48 bits per heavy atom. The first-order valence-electron chi connectivity index (χ1n) is 26.1. The molecule has 0 radical (unpaired) electrons. The van der Waals surface area contributed by atoms with E-state index in [2.05, 4.69) is 64.3 Å². The number of carbonyl (C=O) groups excluding carboxylic acids is 4. The van der Waals surface area contributed by atoms with Gasteiger partial charge in [-0.15, -0.1) is 22.7 Å². The van der Waals surface area contributed by atoms with Gasteiger partial charge in [0.1, 0.15) is 45.4 Å². The summed E-state index contributed by atoms with van der Waals surface area (Å²) >= 11 is 18.3. The van der Waals surface area contributed by atoms with E-state index in [0.717, 1.165) is 89.7 Å². The number of ether oxygens (including phenoxy) is 2. The molecule has 3 amide bonds. The van der Waals surface area contributed by atoms with Crippen LogP contribution < -0.4 is 35.6 Å². The van der Waals surface area contributed by atoms with Crippen molar-refractivity contribution in [1.82, 2.24) is 35.1 Å². The zero-order valence-electron chi connectivity index (χ0n) is 47.7. The number of likely N-dealkylation sites (N-methyl/N-ethyl adjacent to an activating group) is 2. The average molecular weight is 1590 g/mol. The Hall–Kier alpha value is -3.81. The van der Waals surface area contributed by atoms with Crippen LogP contribution in [0.2, 0.25) is 5.15 Å². The van der Waals surface area contributed by atoms with Gasteiger partial charge in [-0.3, -0.25) is 19.2 Å². The molecule has 2 aliphatic rings. The summed E-state index contributed by atoms with van der Waals surface area (Å²) in [4.78, 5) is 73.6. The molecule has 0 spiro atoms. The van der Waals surface area contributed by atoms with E-state index >= 15 is 0 Å². The molecule has 478 valence electrons. The summed E-state index contributed by atoms with van der Waals surface area (Å²) in [7, 11) is 31.2. The molecule has 2 fully saturated rings. The van der Waals surface area contributed by atoms with Gasteiger partial charge in [-0.05, 0) is 90.2 Å². The third-order valence-corrected chi connectivity index (χ3v) is 45.5. The number of fused-ring (bicyclic) bond motifs is 2. The molecule has 10 rings (SSSR count). The number of Topliss-reactive ketones (excluding diaryl/α,β-unsaturated/α-hetero) is 1. The third kappa shape index (κ3) is 24.5. The molecule has 90 heavy (non-hydrogen) atoms. The van der Waals surface area contributed by atoms with Crippen molar-refractivity contribution in [3.63, 3.8) is 0 Å². The minimum absolute atomic E-state index is 0.139.